The van der Waals surface area contributed by atoms with Gasteiger partial charge in [-0.3, -0.25) is 0 Å². The number of piperidine rings is 1. The SMILES string of the molecule is CC(C)N1CCC(Nc2nc(CC3CC3)nc3ccccc23)CC1. The Balaban J connectivity index is 1.54. The Morgan fingerprint density at radius 3 is 2.54 bits per heavy atom. The second-order valence-corrected chi connectivity index (χ2v) is 7.70. The van der Waals surface area contributed by atoms with Gasteiger partial charge in [-0.25, -0.2) is 9.97 Å². The number of hydrogen-bond donors (Lipinski definition) is 1. The molecule has 128 valence electrons. The number of aromatic nitrogens is 2. The van der Waals surface area contributed by atoms with Gasteiger partial charge in [-0.2, -0.15) is 0 Å². The molecule has 1 aliphatic carbocycles. The van der Waals surface area contributed by atoms with E-state index in [-0.39, 0.29) is 0 Å². The Bertz CT molecular complexity index is 700. The average molecular weight is 324 g/mol. The van der Waals surface area contributed by atoms with Crippen LogP contribution in [0.25, 0.3) is 10.9 Å². The molecule has 4 nitrogen and oxygen atoms in total. The number of benzene rings is 1. The van der Waals surface area contributed by atoms with E-state index in [0.717, 1.165) is 34.9 Å². The molecule has 1 aliphatic heterocycles. The zero-order chi connectivity index (χ0) is 16.5. The van der Waals surface area contributed by atoms with Crippen LogP contribution in [0, 0.1) is 5.92 Å². The summed E-state index contributed by atoms with van der Waals surface area (Å²) in [4.78, 5) is 12.2. The minimum Gasteiger partial charge on any atom is -0.367 e. The monoisotopic (exact) mass is 324 g/mol. The molecule has 4 rings (SSSR count). The Labute approximate surface area is 144 Å². The lowest BCUT2D eigenvalue weighted by atomic mass is 10.0. The first-order valence-electron chi connectivity index (χ1n) is 9.45. The minimum absolute atomic E-state index is 0.520. The van der Waals surface area contributed by atoms with Crippen LogP contribution in [-0.4, -0.2) is 40.0 Å². The number of nitrogens with one attached hydrogen (secondary N) is 1. The predicted octanol–water partition coefficient (Wildman–Crippen LogP) is 3.87. The fourth-order valence-corrected chi connectivity index (χ4v) is 3.66. The third-order valence-corrected chi connectivity index (χ3v) is 5.42. The number of nitrogens with zero attached hydrogens (tertiary/aromatic N) is 3. The maximum atomic E-state index is 4.89. The van der Waals surface area contributed by atoms with Gasteiger partial charge in [-0.05, 0) is 57.6 Å². The van der Waals surface area contributed by atoms with Crippen LogP contribution in [0.1, 0.15) is 45.4 Å². The third-order valence-electron chi connectivity index (χ3n) is 5.42. The highest BCUT2D eigenvalue weighted by Crippen LogP contribution is 2.33. The average Bonchev–Trinajstić information content (AvgIpc) is 3.39. The topological polar surface area (TPSA) is 41.0 Å². The van der Waals surface area contributed by atoms with Crippen LogP contribution < -0.4 is 5.32 Å². The molecule has 1 saturated heterocycles. The smallest absolute Gasteiger partial charge is 0.137 e. The lowest BCUT2D eigenvalue weighted by Gasteiger charge is -2.35. The molecule has 1 N–H and O–H groups in total. The standard InChI is InChI=1S/C20H28N4/c1-14(2)24-11-9-16(10-12-24)21-20-17-5-3-4-6-18(17)22-19(23-20)13-15-7-8-15/h3-6,14-16H,7-13H2,1-2H3,(H,21,22,23). The summed E-state index contributed by atoms with van der Waals surface area (Å²) in [5.74, 6) is 2.87. The molecule has 2 aromatic rings. The van der Waals surface area contributed by atoms with Crippen molar-refractivity contribution < 1.29 is 0 Å². The third kappa shape index (κ3) is 3.54. The molecule has 0 bridgehead atoms. The van der Waals surface area contributed by atoms with Crippen molar-refractivity contribution in [1.82, 2.24) is 14.9 Å². The van der Waals surface area contributed by atoms with E-state index in [2.05, 4.69) is 48.3 Å². The van der Waals surface area contributed by atoms with Crippen molar-refractivity contribution in [2.45, 2.75) is 58.0 Å². The number of likely N-dealkylation sites (tertiary alicyclic amines) is 1. The van der Waals surface area contributed by atoms with Crippen LogP contribution in [0.5, 0.6) is 0 Å². The number of rotatable bonds is 5. The lowest BCUT2D eigenvalue weighted by Crippen LogP contribution is -2.42. The summed E-state index contributed by atoms with van der Waals surface area (Å²) in [6.45, 7) is 6.92. The first-order chi connectivity index (χ1) is 11.7. The van der Waals surface area contributed by atoms with Crippen molar-refractivity contribution in [1.29, 1.82) is 0 Å². The van der Waals surface area contributed by atoms with E-state index in [4.69, 9.17) is 9.97 Å². The highest BCUT2D eigenvalue weighted by Gasteiger charge is 2.25. The van der Waals surface area contributed by atoms with Gasteiger partial charge in [0.2, 0.25) is 0 Å². The molecular weight excluding hydrogens is 296 g/mol. The van der Waals surface area contributed by atoms with E-state index < -0.39 is 0 Å². The molecule has 0 atom stereocenters. The van der Waals surface area contributed by atoms with Gasteiger partial charge in [0.25, 0.3) is 0 Å². The zero-order valence-corrected chi connectivity index (χ0v) is 14.8. The summed E-state index contributed by atoms with van der Waals surface area (Å²) in [6, 6.07) is 9.57. The van der Waals surface area contributed by atoms with Crippen molar-refractivity contribution in [2.75, 3.05) is 18.4 Å². The van der Waals surface area contributed by atoms with E-state index in [9.17, 15) is 0 Å². The summed E-state index contributed by atoms with van der Waals surface area (Å²) in [5.41, 5.74) is 1.07. The zero-order valence-electron chi connectivity index (χ0n) is 14.8. The highest BCUT2D eigenvalue weighted by molar-refractivity contribution is 5.89. The summed E-state index contributed by atoms with van der Waals surface area (Å²) in [7, 11) is 0. The van der Waals surface area contributed by atoms with E-state index in [1.807, 2.05) is 0 Å². The van der Waals surface area contributed by atoms with Crippen molar-refractivity contribution in [3.05, 3.63) is 30.1 Å². The van der Waals surface area contributed by atoms with Crippen molar-refractivity contribution in [2.24, 2.45) is 5.92 Å². The van der Waals surface area contributed by atoms with E-state index in [1.165, 1.54) is 38.8 Å². The minimum atomic E-state index is 0.520. The van der Waals surface area contributed by atoms with Gasteiger partial charge in [0.05, 0.1) is 5.52 Å². The number of para-hydroxylation sites is 1. The van der Waals surface area contributed by atoms with Gasteiger partial charge >= 0.3 is 0 Å². The molecule has 1 saturated carbocycles. The van der Waals surface area contributed by atoms with Crippen LogP contribution in [0.2, 0.25) is 0 Å². The van der Waals surface area contributed by atoms with Gasteiger partial charge in [-0.1, -0.05) is 12.1 Å². The number of fused-ring (bicyclic) bond motifs is 1. The van der Waals surface area contributed by atoms with Crippen LogP contribution in [0.3, 0.4) is 0 Å². The van der Waals surface area contributed by atoms with Crippen LogP contribution in [0.15, 0.2) is 24.3 Å². The predicted molar refractivity (Wildman–Crippen MR) is 99.3 cm³/mol. The van der Waals surface area contributed by atoms with E-state index >= 15 is 0 Å². The van der Waals surface area contributed by atoms with Gasteiger partial charge in [0.15, 0.2) is 0 Å². The van der Waals surface area contributed by atoms with Crippen LogP contribution >= 0.6 is 0 Å². The maximum absolute atomic E-state index is 4.89. The molecular formula is C20H28N4. The summed E-state index contributed by atoms with van der Waals surface area (Å²) >= 11 is 0. The highest BCUT2D eigenvalue weighted by atomic mass is 15.2. The molecule has 0 radical (unpaired) electrons. The number of hydrogen-bond acceptors (Lipinski definition) is 4. The molecule has 2 aliphatic rings. The first-order valence-corrected chi connectivity index (χ1v) is 9.45. The number of anilines is 1. The Morgan fingerprint density at radius 2 is 1.83 bits per heavy atom. The molecule has 2 heterocycles. The fourth-order valence-electron chi connectivity index (χ4n) is 3.66. The second-order valence-electron chi connectivity index (χ2n) is 7.70. The quantitative estimate of drug-likeness (QED) is 0.906. The Hall–Kier alpha value is -1.68. The largest absolute Gasteiger partial charge is 0.367 e. The van der Waals surface area contributed by atoms with Gasteiger partial charge in [0.1, 0.15) is 11.6 Å². The molecule has 4 heteroatoms. The Kier molecular flexibility index (Phi) is 4.40. The van der Waals surface area contributed by atoms with Crippen LogP contribution in [0.4, 0.5) is 5.82 Å². The van der Waals surface area contributed by atoms with Gasteiger partial charge in [-0.15, -0.1) is 0 Å². The molecule has 1 aromatic carbocycles. The summed E-state index contributed by atoms with van der Waals surface area (Å²) < 4.78 is 0. The first kappa shape index (κ1) is 15.8. The van der Waals surface area contributed by atoms with Crippen LogP contribution in [-0.2, 0) is 6.42 Å². The van der Waals surface area contributed by atoms with Gasteiger partial charge in [0, 0.05) is 37.0 Å². The molecule has 2 fully saturated rings. The van der Waals surface area contributed by atoms with E-state index in [1.54, 1.807) is 0 Å². The van der Waals surface area contributed by atoms with Crippen molar-refractivity contribution in [3.63, 3.8) is 0 Å². The molecule has 0 unspecified atom stereocenters. The van der Waals surface area contributed by atoms with Gasteiger partial charge < -0.3 is 10.2 Å². The Morgan fingerprint density at radius 1 is 1.08 bits per heavy atom. The maximum Gasteiger partial charge on any atom is 0.137 e. The van der Waals surface area contributed by atoms with E-state index in [0.29, 0.717) is 12.1 Å². The summed E-state index contributed by atoms with van der Waals surface area (Å²) in [6.07, 6.45) is 6.09. The normalized spacial score (nSPS) is 20.0. The summed E-state index contributed by atoms with van der Waals surface area (Å²) in [5, 5.41) is 4.90. The molecule has 0 spiro atoms. The molecule has 24 heavy (non-hydrogen) atoms. The fraction of sp³-hybridized carbons (Fsp3) is 0.600. The van der Waals surface area contributed by atoms with Crippen molar-refractivity contribution >= 4 is 16.7 Å². The molecule has 1 aromatic heterocycles. The second kappa shape index (κ2) is 6.67. The lowest BCUT2D eigenvalue weighted by molar-refractivity contribution is 0.177. The molecule has 0 amide bonds. The van der Waals surface area contributed by atoms with Crippen molar-refractivity contribution in [3.8, 4) is 0 Å².